The monoisotopic (exact) mass is 1600 g/mol. The van der Waals surface area contributed by atoms with Gasteiger partial charge in [0.2, 0.25) is 23.6 Å². The summed E-state index contributed by atoms with van der Waals surface area (Å²) in [6, 6.07) is 2.35. The van der Waals surface area contributed by atoms with Crippen LogP contribution in [0.5, 0.6) is 5.75 Å². The number of carbonyl (C=O) groups is 10. The maximum absolute atomic E-state index is 14.4. The Balaban J connectivity index is 0.723. The molecular formula is C74H112ClN5O29S. The molecule has 5 heterocycles. The summed E-state index contributed by atoms with van der Waals surface area (Å²) in [7, 11) is 5.83. The first-order valence-corrected chi connectivity index (χ1v) is 38.7. The van der Waals surface area contributed by atoms with E-state index in [0.29, 0.717) is 175 Å². The van der Waals surface area contributed by atoms with Crippen molar-refractivity contribution in [3.05, 3.63) is 46.5 Å². The highest BCUT2D eigenvalue weighted by Crippen LogP contribution is 2.49. The number of amides is 7. The predicted octanol–water partition coefficient (Wildman–Crippen LogP) is 3.70. The topological polar surface area (TPSA) is 385 Å². The molecule has 4 bridgehead atoms. The molecule has 0 aliphatic carbocycles. The lowest BCUT2D eigenvalue weighted by Gasteiger charge is -2.42. The first-order valence-electron chi connectivity index (χ1n) is 37.2. The minimum atomic E-state index is -1.90. The minimum Gasteiger partial charge on any atom is -0.495 e. The van der Waals surface area contributed by atoms with Gasteiger partial charge in [-0.05, 0) is 51.3 Å². The molecule has 0 spiro atoms. The summed E-state index contributed by atoms with van der Waals surface area (Å²) in [6.07, 6.45) is 0.649. The number of likely N-dealkylation sites (N-methyl/N-ethyl adjacent to an activating group) is 1. The van der Waals surface area contributed by atoms with Crippen LogP contribution in [0.1, 0.15) is 97.5 Å². The molecule has 620 valence electrons. The number of aliphatic hydroxyl groups is 1. The quantitative estimate of drug-likeness (QED) is 0.0406. The molecule has 34 nitrogen and oxygen atoms in total. The van der Waals surface area contributed by atoms with Gasteiger partial charge in [0.05, 0.1) is 189 Å². The summed E-state index contributed by atoms with van der Waals surface area (Å²) in [6.45, 7) is 15.7. The van der Waals surface area contributed by atoms with Crippen molar-refractivity contribution in [2.45, 2.75) is 145 Å². The molecule has 0 saturated carbocycles. The largest absolute Gasteiger partial charge is 0.495 e. The second-order valence-corrected chi connectivity index (χ2v) is 28.3. The zero-order valence-corrected chi connectivity index (χ0v) is 66.1. The molecule has 0 aromatic heterocycles. The number of esters is 1. The van der Waals surface area contributed by atoms with Crippen LogP contribution < -0.4 is 15.0 Å². The number of benzene rings is 1. The normalized spacial score (nSPS) is 23.4. The van der Waals surface area contributed by atoms with Crippen molar-refractivity contribution >= 4 is 88.3 Å². The summed E-state index contributed by atoms with van der Waals surface area (Å²) in [5.41, 5.74) is -1.26. The molecule has 4 saturated heterocycles. The number of fused-ring (bicyclic) bond motifs is 5. The fraction of sp³-hybridized carbons (Fsp3) is 0.730. The van der Waals surface area contributed by atoms with Crippen LogP contribution in [0.15, 0.2) is 35.9 Å². The number of hydrogen-bond donors (Lipinski definition) is 2. The van der Waals surface area contributed by atoms with Crippen molar-refractivity contribution < 1.29 is 138 Å². The maximum atomic E-state index is 14.4. The molecule has 2 N–H and O–H groups in total. The number of ketones is 1. The lowest BCUT2D eigenvalue weighted by molar-refractivity contribution is -0.198. The van der Waals surface area contributed by atoms with E-state index in [-0.39, 0.29) is 87.7 Å². The number of halogens is 1. The van der Waals surface area contributed by atoms with E-state index in [0.717, 1.165) is 27.8 Å². The Hall–Kier alpha value is -6.36. The molecule has 9 atom stereocenters. The van der Waals surface area contributed by atoms with Gasteiger partial charge in [-0.2, -0.15) is 0 Å². The van der Waals surface area contributed by atoms with Crippen molar-refractivity contribution in [3.63, 3.8) is 0 Å². The number of nitrogens with one attached hydrogen (secondary N) is 1. The molecule has 5 aliphatic rings. The Morgan fingerprint density at radius 1 is 0.691 bits per heavy atom. The second kappa shape index (κ2) is 50.0. The van der Waals surface area contributed by atoms with Crippen LogP contribution in [0, 0.1) is 5.92 Å². The van der Waals surface area contributed by atoms with Crippen molar-refractivity contribution in [2.24, 2.45) is 5.92 Å². The molecule has 7 amide bonds. The first-order chi connectivity index (χ1) is 52.9. The Labute approximate surface area is 651 Å². The van der Waals surface area contributed by atoms with Gasteiger partial charge >= 0.3 is 18.0 Å². The molecule has 6 rings (SSSR count). The summed E-state index contributed by atoms with van der Waals surface area (Å²) >= 11 is 7.97. The number of methoxy groups -OCH3 is 2. The minimum absolute atomic E-state index is 0.00839. The lowest BCUT2D eigenvalue weighted by atomic mass is 9.83. The van der Waals surface area contributed by atoms with E-state index < -0.39 is 113 Å². The molecule has 0 radical (unpaired) electrons. The number of alkyl carbamates (subject to hydrolysis) is 1. The Kier molecular flexibility index (Phi) is 42.0. The third-order valence-electron chi connectivity index (χ3n) is 18.5. The number of thioether (sulfide) groups is 1. The summed E-state index contributed by atoms with van der Waals surface area (Å²) in [4.78, 5) is 138. The van der Waals surface area contributed by atoms with Gasteiger partial charge in [0.1, 0.15) is 46.5 Å². The van der Waals surface area contributed by atoms with Crippen LogP contribution in [0.25, 0.3) is 0 Å². The standard InChI is InChI=1S/C74H112ClN5O29S/c1-51-11-9-13-60(93-8)74(91)50-58(106-72(90)76-74)52(2)69-73(4,108-69)61(49-65(85)78(6)56-46-54(45-51)47-57(92-7)68(56)75)107-71(89)53(3)77(5)62(82)18-44-110-59-48-66(86)79(70(59)88)19-16-55(81)12-10-20-94-22-24-96-26-28-98-30-32-100-34-36-102-38-40-104-42-43-105-41-39-103-37-35-101-33-31-99-29-27-97-25-23-95-21-17-67(87)109-80-63(83)14-15-64(80)84/h9,11,13,46-47,52-53,58-61,69,91H,10,12,14-45,48-50H2,1-8H3,(H,76,90)/b13-9+,51-11+/t52-,53-,58+,59?,60-,61+,69+,73+,74+/m1/s1. The third-order valence-corrected chi connectivity index (χ3v) is 20.1. The van der Waals surface area contributed by atoms with Gasteiger partial charge in [-0.1, -0.05) is 42.3 Å². The zero-order chi connectivity index (χ0) is 79.9. The number of carbonyl (C=O) groups excluding carboxylic acids is 10. The van der Waals surface area contributed by atoms with Gasteiger partial charge in [0.25, 0.3) is 11.8 Å². The van der Waals surface area contributed by atoms with Crippen molar-refractivity contribution in [1.82, 2.24) is 20.2 Å². The number of Topliss-reactive ketones (excluding diaryl/α,β-unsaturated/α-hetero) is 1. The van der Waals surface area contributed by atoms with Gasteiger partial charge in [-0.25, -0.2) is 14.4 Å². The van der Waals surface area contributed by atoms with E-state index in [2.05, 4.69) is 5.32 Å². The highest BCUT2D eigenvalue weighted by Gasteiger charge is 2.64. The summed E-state index contributed by atoms with van der Waals surface area (Å²) in [5, 5.41) is 14.3. The Morgan fingerprint density at radius 2 is 1.20 bits per heavy atom. The van der Waals surface area contributed by atoms with E-state index in [9.17, 15) is 53.1 Å². The molecule has 5 aliphatic heterocycles. The lowest BCUT2D eigenvalue weighted by Crippen LogP contribution is -2.63. The van der Waals surface area contributed by atoms with Crippen LogP contribution >= 0.6 is 23.4 Å². The van der Waals surface area contributed by atoms with Crippen molar-refractivity contribution in [3.8, 4) is 5.75 Å². The molecular weight excluding hydrogens is 1490 g/mol. The maximum Gasteiger partial charge on any atom is 0.409 e. The molecule has 1 aromatic carbocycles. The van der Waals surface area contributed by atoms with Crippen molar-refractivity contribution in [1.29, 1.82) is 0 Å². The number of rotatable bonds is 53. The van der Waals surface area contributed by atoms with E-state index >= 15 is 0 Å². The van der Waals surface area contributed by atoms with Crippen LogP contribution in [0.2, 0.25) is 5.02 Å². The molecule has 1 unspecified atom stereocenters. The number of anilines is 1. The Bertz CT molecular complexity index is 3160. The van der Waals surface area contributed by atoms with E-state index in [1.54, 1.807) is 38.1 Å². The van der Waals surface area contributed by atoms with E-state index in [4.69, 9.17) is 97.0 Å². The summed E-state index contributed by atoms with van der Waals surface area (Å²) < 4.78 is 95.4. The average molecular weight is 1600 g/mol. The number of ether oxygens (including phenoxy) is 17. The van der Waals surface area contributed by atoms with Crippen LogP contribution in [-0.2, 0) is 130 Å². The number of imide groups is 2. The fourth-order valence-corrected chi connectivity index (χ4v) is 13.3. The van der Waals surface area contributed by atoms with Gasteiger partial charge in [-0.3, -0.25) is 43.8 Å². The second-order valence-electron chi connectivity index (χ2n) is 26.6. The number of hydrogen-bond acceptors (Lipinski definition) is 30. The molecule has 1 aromatic rings. The SMILES string of the molecule is COc1cc2cc(c1Cl)N(C)C(=O)C[C@H](OC(=O)[C@@H](C)N(C)C(=O)CCSC1CC(=O)N(CCC(=O)CCCOCCOCCOCCOCCOCCOCCOCCOCCOCCOCCOCCOCCC(=O)ON3C(=O)CCC3=O)C1=O)[C@]1(C)O[C@H]1[C@H](C)[C@@H]1C[C@@](O)(NC(=O)O1)[C@H](OC)/C=C/C=C(\C)C2. The van der Waals surface area contributed by atoms with Gasteiger partial charge < -0.3 is 100 Å². The number of epoxide rings is 1. The number of nitrogens with zero attached hydrogens (tertiary/aromatic N) is 4. The third kappa shape index (κ3) is 31.5. The molecule has 4 fully saturated rings. The summed E-state index contributed by atoms with van der Waals surface area (Å²) in [5.74, 6) is -4.73. The number of hydroxylamine groups is 2. The van der Waals surface area contributed by atoms with Crippen molar-refractivity contribution in [2.75, 3.05) is 204 Å². The highest BCUT2D eigenvalue weighted by atomic mass is 35.5. The molecule has 110 heavy (non-hydrogen) atoms. The van der Waals surface area contributed by atoms with Crippen LogP contribution in [-0.4, -0.2) is 325 Å². The zero-order valence-electron chi connectivity index (χ0n) is 64.5. The van der Waals surface area contributed by atoms with E-state index in [1.807, 2.05) is 13.0 Å². The smallest absolute Gasteiger partial charge is 0.409 e. The number of likely N-dealkylation sites (tertiary alicyclic amines) is 1. The first kappa shape index (κ1) is 92.5. The average Bonchev–Trinajstić information content (AvgIpc) is 1.57. The highest BCUT2D eigenvalue weighted by molar-refractivity contribution is 8.00. The fourth-order valence-electron chi connectivity index (χ4n) is 11.9. The molecule has 36 heteroatoms. The van der Waals surface area contributed by atoms with Crippen LogP contribution in [0.3, 0.4) is 0 Å². The number of allylic oxidation sites excluding steroid dienone is 3. The van der Waals surface area contributed by atoms with Gasteiger partial charge in [0, 0.05) is 91.0 Å². The predicted molar refractivity (Wildman–Crippen MR) is 394 cm³/mol. The van der Waals surface area contributed by atoms with E-state index in [1.165, 1.54) is 45.0 Å². The van der Waals surface area contributed by atoms with Crippen LogP contribution in [0.4, 0.5) is 10.5 Å². The Morgan fingerprint density at radius 3 is 1.71 bits per heavy atom. The van der Waals surface area contributed by atoms with Gasteiger partial charge in [-0.15, -0.1) is 16.8 Å². The van der Waals surface area contributed by atoms with Gasteiger partial charge in [0.15, 0.2) is 5.72 Å².